The smallest absolute Gasteiger partial charge is 0.238 e. The van der Waals surface area contributed by atoms with Crippen LogP contribution in [-0.4, -0.2) is 21.1 Å². The number of thiophene rings is 2. The molecule has 4 rings (SSSR count). The number of rotatable bonds is 4. The van der Waals surface area contributed by atoms with Gasteiger partial charge in [-0.15, -0.1) is 22.7 Å². The first-order valence-corrected chi connectivity index (χ1v) is 11.4. The number of nitriles is 1. The molecular weight excluding hydrogens is 396 g/mol. The normalized spacial score (nSPS) is 14.6. The van der Waals surface area contributed by atoms with Crippen molar-refractivity contribution >= 4 is 55.6 Å². The summed E-state index contributed by atoms with van der Waals surface area (Å²) in [6.45, 7) is 3.78. The Bertz CT molecular complexity index is 1060. The second kappa shape index (κ2) is 7.58. The molecule has 1 aliphatic carbocycles. The van der Waals surface area contributed by atoms with Gasteiger partial charge in [0, 0.05) is 10.3 Å². The molecule has 1 N–H and O–H groups in total. The van der Waals surface area contributed by atoms with Crippen molar-refractivity contribution in [1.29, 1.82) is 5.26 Å². The van der Waals surface area contributed by atoms with Crippen molar-refractivity contribution in [1.82, 2.24) is 9.97 Å². The average molecular weight is 415 g/mol. The summed E-state index contributed by atoms with van der Waals surface area (Å²) >= 11 is 4.61. The molecule has 0 radical (unpaired) electrons. The van der Waals surface area contributed by atoms with Gasteiger partial charge in [0.2, 0.25) is 5.91 Å². The van der Waals surface area contributed by atoms with Crippen LogP contribution in [0.4, 0.5) is 5.00 Å². The van der Waals surface area contributed by atoms with Crippen molar-refractivity contribution in [3.63, 3.8) is 0 Å². The highest BCUT2D eigenvalue weighted by Crippen LogP contribution is 2.40. The second-order valence-electron chi connectivity index (χ2n) is 6.49. The van der Waals surface area contributed by atoms with Crippen molar-refractivity contribution in [3.05, 3.63) is 33.3 Å². The van der Waals surface area contributed by atoms with Gasteiger partial charge in [-0.3, -0.25) is 4.79 Å². The molecule has 1 aliphatic rings. The van der Waals surface area contributed by atoms with E-state index in [4.69, 9.17) is 5.26 Å². The minimum atomic E-state index is -0.324. The fourth-order valence-electron chi connectivity index (χ4n) is 3.24. The van der Waals surface area contributed by atoms with Crippen molar-refractivity contribution in [2.24, 2.45) is 0 Å². The van der Waals surface area contributed by atoms with Gasteiger partial charge in [-0.05, 0) is 56.5 Å². The van der Waals surface area contributed by atoms with Crippen LogP contribution in [0.15, 0.2) is 16.5 Å². The first kappa shape index (κ1) is 18.4. The molecule has 5 nitrogen and oxygen atoms in total. The third kappa shape index (κ3) is 3.59. The summed E-state index contributed by atoms with van der Waals surface area (Å²) in [4.78, 5) is 24.4. The lowest BCUT2D eigenvalue weighted by molar-refractivity contribution is -0.115. The topological polar surface area (TPSA) is 78.7 Å². The Hall–Kier alpha value is -1.95. The molecule has 0 fully saturated rings. The number of hydrogen-bond donors (Lipinski definition) is 1. The Kier molecular flexibility index (Phi) is 5.17. The average Bonchev–Trinajstić information content (AvgIpc) is 3.24. The van der Waals surface area contributed by atoms with E-state index in [-0.39, 0.29) is 11.2 Å². The van der Waals surface area contributed by atoms with E-state index in [1.54, 1.807) is 22.8 Å². The zero-order chi connectivity index (χ0) is 19.0. The standard InChI is InChI=1S/C19H18N4OS3/c1-10(16(24)23-17-12(9-20)7-8-25-17)26-18-15-13-5-3-4-6-14(13)27-19(15)22-11(2)21-18/h7-8,10H,3-6H2,1-2H3,(H,23,24)/t10-/m1/s1. The number of amides is 1. The second-order valence-corrected chi connectivity index (χ2v) is 9.82. The highest BCUT2D eigenvalue weighted by molar-refractivity contribution is 8.00. The molecule has 8 heteroatoms. The first-order chi connectivity index (χ1) is 13.1. The Morgan fingerprint density at radius 3 is 3.00 bits per heavy atom. The number of nitrogens with one attached hydrogen (secondary N) is 1. The van der Waals surface area contributed by atoms with Crippen LogP contribution in [0.25, 0.3) is 10.2 Å². The molecule has 0 spiro atoms. The number of nitrogens with zero attached hydrogens (tertiary/aromatic N) is 3. The summed E-state index contributed by atoms with van der Waals surface area (Å²) in [7, 11) is 0. The summed E-state index contributed by atoms with van der Waals surface area (Å²) in [5.41, 5.74) is 1.87. The molecule has 0 unspecified atom stereocenters. The minimum absolute atomic E-state index is 0.118. The van der Waals surface area contributed by atoms with Crippen molar-refractivity contribution in [2.75, 3.05) is 5.32 Å². The van der Waals surface area contributed by atoms with E-state index >= 15 is 0 Å². The van der Waals surface area contributed by atoms with Gasteiger partial charge in [-0.25, -0.2) is 9.97 Å². The van der Waals surface area contributed by atoms with E-state index in [1.807, 2.05) is 13.8 Å². The molecule has 0 bridgehead atoms. The molecule has 138 valence electrons. The molecule has 27 heavy (non-hydrogen) atoms. The Morgan fingerprint density at radius 1 is 1.37 bits per heavy atom. The summed E-state index contributed by atoms with van der Waals surface area (Å²) in [6.07, 6.45) is 4.61. The molecule has 0 saturated heterocycles. The third-order valence-electron chi connectivity index (χ3n) is 4.57. The zero-order valence-corrected chi connectivity index (χ0v) is 17.5. The molecule has 0 aliphatic heterocycles. The molecule has 3 aromatic rings. The number of carbonyl (C=O) groups is 1. The fourth-order valence-corrected chi connectivity index (χ4v) is 6.37. The van der Waals surface area contributed by atoms with Crippen LogP contribution < -0.4 is 5.32 Å². The van der Waals surface area contributed by atoms with Gasteiger partial charge >= 0.3 is 0 Å². The molecule has 3 heterocycles. The number of thioether (sulfide) groups is 1. The summed E-state index contributed by atoms with van der Waals surface area (Å²) in [5, 5.41) is 16.1. The number of fused-ring (bicyclic) bond motifs is 3. The Labute approximate surface area is 169 Å². The molecule has 0 saturated carbocycles. The van der Waals surface area contributed by atoms with Crippen molar-refractivity contribution in [2.45, 2.75) is 49.8 Å². The molecule has 0 aromatic carbocycles. The Balaban J connectivity index is 1.62. The van der Waals surface area contributed by atoms with Crippen molar-refractivity contribution < 1.29 is 4.79 Å². The Morgan fingerprint density at radius 2 is 2.19 bits per heavy atom. The van der Waals surface area contributed by atoms with Gasteiger partial charge in [-0.1, -0.05) is 11.8 Å². The lowest BCUT2D eigenvalue weighted by atomic mass is 9.97. The van der Waals surface area contributed by atoms with Crippen LogP contribution in [0.2, 0.25) is 0 Å². The predicted molar refractivity (Wildman–Crippen MR) is 112 cm³/mol. The molecule has 3 aromatic heterocycles. The summed E-state index contributed by atoms with van der Waals surface area (Å²) < 4.78 is 0. The van der Waals surface area contributed by atoms with Crippen LogP contribution in [0, 0.1) is 18.3 Å². The van der Waals surface area contributed by atoms with Gasteiger partial charge < -0.3 is 5.32 Å². The molecule has 1 atom stereocenters. The number of carbonyl (C=O) groups excluding carboxylic acids is 1. The number of aryl methyl sites for hydroxylation is 3. The van der Waals surface area contributed by atoms with E-state index in [2.05, 4.69) is 21.4 Å². The van der Waals surface area contributed by atoms with Crippen LogP contribution in [0.5, 0.6) is 0 Å². The van der Waals surface area contributed by atoms with Crippen LogP contribution in [0.1, 0.15) is 41.6 Å². The number of aromatic nitrogens is 2. The van der Waals surface area contributed by atoms with Gasteiger partial charge in [-0.2, -0.15) is 5.26 Å². The van der Waals surface area contributed by atoms with E-state index in [0.29, 0.717) is 10.6 Å². The minimum Gasteiger partial charge on any atom is -0.316 e. The van der Waals surface area contributed by atoms with Crippen LogP contribution in [-0.2, 0) is 17.6 Å². The van der Waals surface area contributed by atoms with Gasteiger partial charge in [0.1, 0.15) is 26.8 Å². The van der Waals surface area contributed by atoms with E-state index in [9.17, 15) is 4.79 Å². The lowest BCUT2D eigenvalue weighted by Crippen LogP contribution is -2.22. The van der Waals surface area contributed by atoms with Gasteiger partial charge in [0.15, 0.2) is 0 Å². The summed E-state index contributed by atoms with van der Waals surface area (Å²) in [6, 6.07) is 3.82. The third-order valence-corrected chi connectivity index (χ3v) is 7.68. The lowest BCUT2D eigenvalue weighted by Gasteiger charge is -2.14. The van der Waals surface area contributed by atoms with E-state index in [0.717, 1.165) is 33.9 Å². The molecule has 1 amide bonds. The monoisotopic (exact) mass is 414 g/mol. The van der Waals surface area contributed by atoms with Crippen molar-refractivity contribution in [3.8, 4) is 6.07 Å². The maximum atomic E-state index is 12.7. The zero-order valence-electron chi connectivity index (χ0n) is 15.0. The highest BCUT2D eigenvalue weighted by Gasteiger charge is 2.24. The van der Waals surface area contributed by atoms with Gasteiger partial charge in [0.05, 0.1) is 10.8 Å². The first-order valence-electron chi connectivity index (χ1n) is 8.81. The SMILES string of the molecule is Cc1nc(S[C@H](C)C(=O)Nc2sccc2C#N)c2c3c(sc2n1)CCCC3. The maximum absolute atomic E-state index is 12.7. The summed E-state index contributed by atoms with van der Waals surface area (Å²) in [5.74, 6) is 0.619. The van der Waals surface area contributed by atoms with Crippen LogP contribution >= 0.6 is 34.4 Å². The largest absolute Gasteiger partial charge is 0.316 e. The highest BCUT2D eigenvalue weighted by atomic mass is 32.2. The van der Waals surface area contributed by atoms with Gasteiger partial charge in [0.25, 0.3) is 0 Å². The van der Waals surface area contributed by atoms with E-state index in [1.165, 1.54) is 46.4 Å². The number of anilines is 1. The predicted octanol–water partition coefficient (Wildman–Crippen LogP) is 4.93. The maximum Gasteiger partial charge on any atom is 0.238 e. The fraction of sp³-hybridized carbons (Fsp3) is 0.368. The quantitative estimate of drug-likeness (QED) is 0.484. The molecular formula is C19H18N4OS3. The van der Waals surface area contributed by atoms with E-state index < -0.39 is 0 Å². The van der Waals surface area contributed by atoms with Crippen LogP contribution in [0.3, 0.4) is 0 Å². The number of hydrogen-bond acceptors (Lipinski definition) is 7.